The Kier molecular flexibility index (Phi) is 7.94. The average molecular weight is 452 g/mol. The Balaban J connectivity index is 1.87. The maximum Gasteiger partial charge on any atom is 0.340 e. The van der Waals surface area contributed by atoms with Crippen molar-refractivity contribution in [2.24, 2.45) is 0 Å². The molecule has 0 radical (unpaired) electrons. The molecule has 2 aliphatic rings. The van der Waals surface area contributed by atoms with Gasteiger partial charge in [0.05, 0.1) is 16.1 Å². The summed E-state index contributed by atoms with van der Waals surface area (Å²) in [5, 5.41) is 0. The molecule has 0 bridgehead atoms. The monoisotopic (exact) mass is 451 g/mol. The lowest BCUT2D eigenvalue weighted by atomic mass is 10.1. The van der Waals surface area contributed by atoms with E-state index in [1.807, 2.05) is 13.8 Å². The lowest BCUT2D eigenvalue weighted by Crippen LogP contribution is -2.36. The van der Waals surface area contributed by atoms with Crippen LogP contribution in [0.1, 0.15) is 56.3 Å². The molecule has 0 aromatic heterocycles. The standard InChI is InChI=1S/C22H33N3O5S/c1-3-23(4-2)21(26)17-30-22(27)19-16-18(10-11-20(19)24-12-8-9-13-24)31(28,29)25-14-6-5-7-15-25/h10-11,16H,3-9,12-15,17H2,1-2H3. The molecule has 172 valence electrons. The number of ether oxygens (including phenoxy) is 1. The molecule has 0 spiro atoms. The number of carbonyl (C=O) groups is 2. The number of hydrogen-bond acceptors (Lipinski definition) is 6. The van der Waals surface area contributed by atoms with Crippen LogP contribution in [-0.4, -0.2) is 75.4 Å². The Morgan fingerprint density at radius 1 is 0.968 bits per heavy atom. The van der Waals surface area contributed by atoms with Crippen LogP contribution in [0.3, 0.4) is 0 Å². The first-order chi connectivity index (χ1) is 14.9. The van der Waals surface area contributed by atoms with Gasteiger partial charge in [0.15, 0.2) is 6.61 Å². The molecule has 2 fully saturated rings. The lowest BCUT2D eigenvalue weighted by molar-refractivity contribution is -0.134. The number of piperidine rings is 1. The van der Waals surface area contributed by atoms with E-state index < -0.39 is 16.0 Å². The summed E-state index contributed by atoms with van der Waals surface area (Å²) in [4.78, 5) is 29.0. The topological polar surface area (TPSA) is 87.2 Å². The first-order valence-electron chi connectivity index (χ1n) is 11.2. The van der Waals surface area contributed by atoms with Gasteiger partial charge in [-0.15, -0.1) is 0 Å². The second kappa shape index (κ2) is 10.5. The molecule has 0 N–H and O–H groups in total. The summed E-state index contributed by atoms with van der Waals surface area (Å²) >= 11 is 0. The zero-order valence-corrected chi connectivity index (χ0v) is 19.3. The van der Waals surface area contributed by atoms with Crippen LogP contribution in [0.4, 0.5) is 5.69 Å². The normalized spacial score (nSPS) is 17.5. The number of hydrogen-bond donors (Lipinski definition) is 0. The minimum Gasteiger partial charge on any atom is -0.452 e. The smallest absolute Gasteiger partial charge is 0.340 e. The summed E-state index contributed by atoms with van der Waals surface area (Å²) < 4.78 is 33.1. The number of sulfonamides is 1. The predicted octanol–water partition coefficient (Wildman–Crippen LogP) is 2.49. The number of rotatable bonds is 8. The number of likely N-dealkylation sites (N-methyl/N-ethyl adjacent to an activating group) is 1. The Morgan fingerprint density at radius 3 is 2.19 bits per heavy atom. The van der Waals surface area contributed by atoms with Crippen LogP contribution in [0, 0.1) is 0 Å². The molecule has 1 aromatic carbocycles. The number of carbonyl (C=O) groups excluding carboxylic acids is 2. The van der Waals surface area contributed by atoms with E-state index in [1.54, 1.807) is 17.0 Å². The van der Waals surface area contributed by atoms with E-state index in [4.69, 9.17) is 4.74 Å². The summed E-state index contributed by atoms with van der Waals surface area (Å²) in [5.74, 6) is -0.934. The number of amides is 1. The summed E-state index contributed by atoms with van der Waals surface area (Å²) in [6.45, 7) is 7.04. The third kappa shape index (κ3) is 5.38. The van der Waals surface area contributed by atoms with Crippen LogP contribution >= 0.6 is 0 Å². The third-order valence-electron chi connectivity index (χ3n) is 6.03. The molecule has 2 heterocycles. The fourth-order valence-corrected chi connectivity index (χ4v) is 5.74. The summed E-state index contributed by atoms with van der Waals surface area (Å²) in [6.07, 6.45) is 4.74. The van der Waals surface area contributed by atoms with E-state index in [0.717, 1.165) is 45.2 Å². The summed E-state index contributed by atoms with van der Waals surface area (Å²) in [6, 6.07) is 4.70. The fraction of sp³-hybridized carbons (Fsp3) is 0.636. The van der Waals surface area contributed by atoms with Gasteiger partial charge in [0.1, 0.15) is 0 Å². The van der Waals surface area contributed by atoms with Crippen LogP contribution in [0.2, 0.25) is 0 Å². The highest BCUT2D eigenvalue weighted by atomic mass is 32.2. The van der Waals surface area contributed by atoms with E-state index in [0.29, 0.717) is 31.9 Å². The van der Waals surface area contributed by atoms with Gasteiger partial charge in [-0.25, -0.2) is 13.2 Å². The molecule has 0 aliphatic carbocycles. The highest BCUT2D eigenvalue weighted by Gasteiger charge is 2.29. The van der Waals surface area contributed by atoms with Gasteiger partial charge in [-0.05, 0) is 57.7 Å². The van der Waals surface area contributed by atoms with Crippen LogP contribution in [0.15, 0.2) is 23.1 Å². The molecule has 31 heavy (non-hydrogen) atoms. The Labute approximate surface area is 185 Å². The van der Waals surface area contributed by atoms with E-state index >= 15 is 0 Å². The van der Waals surface area contributed by atoms with Gasteiger partial charge >= 0.3 is 5.97 Å². The predicted molar refractivity (Wildman–Crippen MR) is 119 cm³/mol. The maximum atomic E-state index is 13.1. The largest absolute Gasteiger partial charge is 0.452 e. The third-order valence-corrected chi connectivity index (χ3v) is 7.93. The average Bonchev–Trinajstić information content (AvgIpc) is 3.33. The molecule has 2 saturated heterocycles. The molecule has 0 unspecified atom stereocenters. The zero-order chi connectivity index (χ0) is 22.4. The number of benzene rings is 1. The van der Waals surface area contributed by atoms with Crippen molar-refractivity contribution in [2.75, 3.05) is 50.8 Å². The van der Waals surface area contributed by atoms with Gasteiger partial charge in [0, 0.05) is 39.3 Å². The van der Waals surface area contributed by atoms with Crippen LogP contribution in [0.5, 0.6) is 0 Å². The Morgan fingerprint density at radius 2 is 1.58 bits per heavy atom. The number of esters is 1. The molecule has 2 aliphatic heterocycles. The van der Waals surface area contributed by atoms with Gasteiger partial charge < -0.3 is 14.5 Å². The molecular formula is C22H33N3O5S. The van der Waals surface area contributed by atoms with Gasteiger partial charge in [-0.1, -0.05) is 6.42 Å². The number of nitrogens with zero attached hydrogens (tertiary/aromatic N) is 3. The van der Waals surface area contributed by atoms with Crippen molar-refractivity contribution >= 4 is 27.6 Å². The van der Waals surface area contributed by atoms with Crippen LogP contribution in [-0.2, 0) is 19.6 Å². The second-order valence-corrected chi connectivity index (χ2v) is 9.92. The van der Waals surface area contributed by atoms with E-state index in [9.17, 15) is 18.0 Å². The van der Waals surface area contributed by atoms with Crippen molar-refractivity contribution < 1.29 is 22.7 Å². The van der Waals surface area contributed by atoms with Crippen molar-refractivity contribution in [3.63, 3.8) is 0 Å². The highest BCUT2D eigenvalue weighted by molar-refractivity contribution is 7.89. The zero-order valence-electron chi connectivity index (χ0n) is 18.5. The molecule has 0 saturated carbocycles. The lowest BCUT2D eigenvalue weighted by Gasteiger charge is -2.27. The molecule has 3 rings (SSSR count). The van der Waals surface area contributed by atoms with Crippen LogP contribution < -0.4 is 4.90 Å². The second-order valence-electron chi connectivity index (χ2n) is 7.98. The van der Waals surface area contributed by atoms with Gasteiger partial charge in [-0.2, -0.15) is 4.31 Å². The molecular weight excluding hydrogens is 418 g/mol. The molecule has 1 amide bonds. The SMILES string of the molecule is CCN(CC)C(=O)COC(=O)c1cc(S(=O)(=O)N2CCCCC2)ccc1N1CCCC1. The highest BCUT2D eigenvalue weighted by Crippen LogP contribution is 2.30. The van der Waals surface area contributed by atoms with Gasteiger partial charge in [-0.3, -0.25) is 4.79 Å². The molecule has 1 aromatic rings. The Bertz CT molecular complexity index is 886. The van der Waals surface area contributed by atoms with Crippen molar-refractivity contribution in [3.05, 3.63) is 23.8 Å². The number of anilines is 1. The summed E-state index contributed by atoms with van der Waals surface area (Å²) in [7, 11) is -3.68. The van der Waals surface area contributed by atoms with Gasteiger partial charge in [0.2, 0.25) is 10.0 Å². The van der Waals surface area contributed by atoms with Gasteiger partial charge in [0.25, 0.3) is 5.91 Å². The molecule has 8 nitrogen and oxygen atoms in total. The van der Waals surface area contributed by atoms with E-state index in [2.05, 4.69) is 4.90 Å². The first-order valence-corrected chi connectivity index (χ1v) is 12.7. The fourth-order valence-electron chi connectivity index (χ4n) is 4.20. The van der Waals surface area contributed by atoms with Crippen molar-refractivity contribution in [1.82, 2.24) is 9.21 Å². The first kappa shape index (κ1) is 23.5. The van der Waals surface area contributed by atoms with Crippen LogP contribution in [0.25, 0.3) is 0 Å². The summed E-state index contributed by atoms with van der Waals surface area (Å²) in [5.41, 5.74) is 0.864. The van der Waals surface area contributed by atoms with E-state index in [-0.39, 0.29) is 23.0 Å². The van der Waals surface area contributed by atoms with Crippen molar-refractivity contribution in [1.29, 1.82) is 0 Å². The quantitative estimate of drug-likeness (QED) is 0.565. The minimum absolute atomic E-state index is 0.0966. The minimum atomic E-state index is -3.68. The maximum absolute atomic E-state index is 13.1. The Hall–Kier alpha value is -2.13. The molecule has 9 heteroatoms. The van der Waals surface area contributed by atoms with Crippen molar-refractivity contribution in [3.8, 4) is 0 Å². The van der Waals surface area contributed by atoms with Crippen molar-refractivity contribution in [2.45, 2.75) is 50.8 Å². The van der Waals surface area contributed by atoms with E-state index in [1.165, 1.54) is 10.4 Å². The molecule has 0 atom stereocenters.